The number of hydrogen-bond acceptors (Lipinski definition) is 3. The summed E-state index contributed by atoms with van der Waals surface area (Å²) in [4.78, 5) is 0. The number of nitrogens with zero attached hydrogens (tertiary/aromatic N) is 1. The third-order valence-electron chi connectivity index (χ3n) is 3.60. The second-order valence-corrected chi connectivity index (χ2v) is 5.64. The zero-order chi connectivity index (χ0) is 13.0. The highest BCUT2D eigenvalue weighted by atomic mass is 79.9. The van der Waals surface area contributed by atoms with Crippen LogP contribution in [0.5, 0.6) is 0 Å². The summed E-state index contributed by atoms with van der Waals surface area (Å²) >= 11 is 3.42. The van der Waals surface area contributed by atoms with Gasteiger partial charge in [0.1, 0.15) is 6.07 Å². The van der Waals surface area contributed by atoms with Gasteiger partial charge in [-0.25, -0.2) is 0 Å². The number of nitriles is 1. The Labute approximate surface area is 117 Å². The predicted octanol–water partition coefficient (Wildman–Crippen LogP) is 3.26. The van der Waals surface area contributed by atoms with E-state index in [2.05, 4.69) is 32.6 Å². The molecule has 4 heteroatoms. The third kappa shape index (κ3) is 3.24. The average molecular weight is 308 g/mol. The Hall–Kier alpha value is -1.05. The zero-order valence-electron chi connectivity index (χ0n) is 10.5. The van der Waals surface area contributed by atoms with Crippen molar-refractivity contribution in [2.24, 2.45) is 0 Å². The van der Waals surface area contributed by atoms with Gasteiger partial charge in [0.2, 0.25) is 0 Å². The van der Waals surface area contributed by atoms with Crippen LogP contribution in [0.2, 0.25) is 0 Å². The maximum atomic E-state index is 8.88. The Kier molecular flexibility index (Phi) is 4.62. The molecule has 0 unspecified atom stereocenters. The summed E-state index contributed by atoms with van der Waals surface area (Å²) in [5.74, 6) is 0. The molecule has 1 saturated carbocycles. The quantitative estimate of drug-likeness (QED) is 0.901. The molecule has 0 radical (unpaired) electrons. The molecule has 0 bridgehead atoms. The number of benzene rings is 1. The summed E-state index contributed by atoms with van der Waals surface area (Å²) in [7, 11) is 2.04. The summed E-state index contributed by atoms with van der Waals surface area (Å²) < 4.78 is 0.860. The Morgan fingerprint density at radius 3 is 2.44 bits per heavy atom. The van der Waals surface area contributed by atoms with Gasteiger partial charge in [0, 0.05) is 22.2 Å². The molecule has 0 aliphatic heterocycles. The van der Waals surface area contributed by atoms with E-state index in [1.165, 1.54) is 25.7 Å². The SMILES string of the molecule is CNC1CCC(Nc2ccc(C#N)c(Br)c2)CC1. The number of hydrogen-bond donors (Lipinski definition) is 2. The number of halogens is 1. The van der Waals surface area contributed by atoms with Crippen molar-refractivity contribution < 1.29 is 0 Å². The summed E-state index contributed by atoms with van der Waals surface area (Å²) in [6.07, 6.45) is 4.85. The van der Waals surface area contributed by atoms with Crippen molar-refractivity contribution in [3.63, 3.8) is 0 Å². The molecule has 18 heavy (non-hydrogen) atoms. The maximum Gasteiger partial charge on any atom is 0.100 e. The van der Waals surface area contributed by atoms with Gasteiger partial charge < -0.3 is 10.6 Å². The van der Waals surface area contributed by atoms with E-state index in [0.29, 0.717) is 17.6 Å². The largest absolute Gasteiger partial charge is 0.382 e. The lowest BCUT2D eigenvalue weighted by Gasteiger charge is -2.29. The average Bonchev–Trinajstić information content (AvgIpc) is 2.40. The van der Waals surface area contributed by atoms with Gasteiger partial charge in [-0.3, -0.25) is 0 Å². The molecule has 2 rings (SSSR count). The van der Waals surface area contributed by atoms with Crippen molar-refractivity contribution >= 4 is 21.6 Å². The van der Waals surface area contributed by atoms with E-state index in [4.69, 9.17) is 5.26 Å². The molecule has 1 fully saturated rings. The van der Waals surface area contributed by atoms with Crippen LogP contribution < -0.4 is 10.6 Å². The molecule has 0 spiro atoms. The van der Waals surface area contributed by atoms with Gasteiger partial charge in [-0.15, -0.1) is 0 Å². The first-order chi connectivity index (χ1) is 8.72. The molecule has 0 saturated heterocycles. The maximum absolute atomic E-state index is 8.88. The molecule has 0 amide bonds. The molecule has 3 nitrogen and oxygen atoms in total. The van der Waals surface area contributed by atoms with Crippen LogP contribution in [0.25, 0.3) is 0 Å². The van der Waals surface area contributed by atoms with Crippen LogP contribution in [0.15, 0.2) is 22.7 Å². The van der Waals surface area contributed by atoms with Crippen molar-refractivity contribution in [1.29, 1.82) is 5.26 Å². The van der Waals surface area contributed by atoms with Crippen LogP contribution in [-0.2, 0) is 0 Å². The molecule has 0 heterocycles. The molecular weight excluding hydrogens is 290 g/mol. The summed E-state index contributed by atoms with van der Waals surface area (Å²) in [5.41, 5.74) is 1.77. The first kappa shape index (κ1) is 13.4. The molecule has 1 aliphatic carbocycles. The Morgan fingerprint density at radius 2 is 1.89 bits per heavy atom. The van der Waals surface area contributed by atoms with Gasteiger partial charge in [0.15, 0.2) is 0 Å². The standard InChI is InChI=1S/C14H18BrN3/c1-17-11-4-6-12(7-5-11)18-13-3-2-10(9-16)14(15)8-13/h2-3,8,11-12,17-18H,4-7H2,1H3. The lowest BCUT2D eigenvalue weighted by Crippen LogP contribution is -2.34. The van der Waals surface area contributed by atoms with E-state index in [1.54, 1.807) is 0 Å². The van der Waals surface area contributed by atoms with Crippen LogP contribution in [0, 0.1) is 11.3 Å². The highest BCUT2D eigenvalue weighted by Gasteiger charge is 2.19. The highest BCUT2D eigenvalue weighted by Crippen LogP contribution is 2.25. The Morgan fingerprint density at radius 1 is 1.22 bits per heavy atom. The smallest absolute Gasteiger partial charge is 0.100 e. The zero-order valence-corrected chi connectivity index (χ0v) is 12.1. The molecule has 0 atom stereocenters. The van der Waals surface area contributed by atoms with Gasteiger partial charge in [0.05, 0.1) is 5.56 Å². The van der Waals surface area contributed by atoms with E-state index in [-0.39, 0.29) is 0 Å². The fraction of sp³-hybridized carbons (Fsp3) is 0.500. The lowest BCUT2D eigenvalue weighted by molar-refractivity contribution is 0.371. The number of rotatable bonds is 3. The van der Waals surface area contributed by atoms with E-state index in [9.17, 15) is 0 Å². The second kappa shape index (κ2) is 6.21. The van der Waals surface area contributed by atoms with Crippen LogP contribution in [-0.4, -0.2) is 19.1 Å². The first-order valence-corrected chi connectivity index (χ1v) is 7.15. The van der Waals surface area contributed by atoms with Crippen LogP contribution >= 0.6 is 15.9 Å². The van der Waals surface area contributed by atoms with E-state index >= 15 is 0 Å². The minimum Gasteiger partial charge on any atom is -0.382 e. The lowest BCUT2D eigenvalue weighted by atomic mass is 9.91. The van der Waals surface area contributed by atoms with Crippen molar-refractivity contribution in [3.05, 3.63) is 28.2 Å². The van der Waals surface area contributed by atoms with Gasteiger partial charge >= 0.3 is 0 Å². The van der Waals surface area contributed by atoms with Crippen LogP contribution in [0.4, 0.5) is 5.69 Å². The van der Waals surface area contributed by atoms with Gasteiger partial charge in [-0.2, -0.15) is 5.26 Å². The van der Waals surface area contributed by atoms with Gasteiger partial charge in [0.25, 0.3) is 0 Å². The van der Waals surface area contributed by atoms with E-state index in [1.807, 2.05) is 25.2 Å². The molecule has 1 aromatic carbocycles. The van der Waals surface area contributed by atoms with Crippen molar-refractivity contribution in [2.75, 3.05) is 12.4 Å². The second-order valence-electron chi connectivity index (χ2n) is 4.79. The van der Waals surface area contributed by atoms with Crippen molar-refractivity contribution in [1.82, 2.24) is 5.32 Å². The molecular formula is C14H18BrN3. The van der Waals surface area contributed by atoms with Gasteiger partial charge in [-0.1, -0.05) is 0 Å². The summed E-state index contributed by atoms with van der Waals surface area (Å²) in [6, 6.07) is 9.20. The fourth-order valence-corrected chi connectivity index (χ4v) is 2.93. The predicted molar refractivity (Wildman–Crippen MR) is 77.6 cm³/mol. The minimum atomic E-state index is 0.550. The number of anilines is 1. The van der Waals surface area contributed by atoms with Crippen LogP contribution in [0.3, 0.4) is 0 Å². The molecule has 2 N–H and O–H groups in total. The fourth-order valence-electron chi connectivity index (χ4n) is 2.46. The molecule has 0 aromatic heterocycles. The monoisotopic (exact) mass is 307 g/mol. The van der Waals surface area contributed by atoms with Gasteiger partial charge in [-0.05, 0) is 66.9 Å². The normalized spacial score (nSPS) is 23.4. The molecule has 96 valence electrons. The number of nitrogens with one attached hydrogen (secondary N) is 2. The molecule has 1 aromatic rings. The minimum absolute atomic E-state index is 0.550. The van der Waals surface area contributed by atoms with Crippen molar-refractivity contribution in [3.8, 4) is 6.07 Å². The van der Waals surface area contributed by atoms with E-state index < -0.39 is 0 Å². The Balaban J connectivity index is 1.94. The molecule has 1 aliphatic rings. The third-order valence-corrected chi connectivity index (χ3v) is 4.25. The topological polar surface area (TPSA) is 47.8 Å². The van der Waals surface area contributed by atoms with E-state index in [0.717, 1.165) is 10.2 Å². The van der Waals surface area contributed by atoms with Crippen molar-refractivity contribution in [2.45, 2.75) is 37.8 Å². The first-order valence-electron chi connectivity index (χ1n) is 6.36. The summed E-state index contributed by atoms with van der Waals surface area (Å²) in [5, 5.41) is 15.8. The Bertz CT molecular complexity index is 445. The summed E-state index contributed by atoms with van der Waals surface area (Å²) in [6.45, 7) is 0. The highest BCUT2D eigenvalue weighted by molar-refractivity contribution is 9.10. The van der Waals surface area contributed by atoms with Crippen LogP contribution in [0.1, 0.15) is 31.2 Å².